The Bertz CT molecular complexity index is 418. The van der Waals surface area contributed by atoms with Gasteiger partial charge in [0.1, 0.15) is 5.01 Å². The molecule has 1 spiro atoms. The van der Waals surface area contributed by atoms with Crippen molar-refractivity contribution in [3.8, 4) is 0 Å². The predicted molar refractivity (Wildman–Crippen MR) is 83.1 cm³/mol. The highest BCUT2D eigenvalue weighted by molar-refractivity contribution is 7.09. The number of thiazole rings is 1. The van der Waals surface area contributed by atoms with Crippen molar-refractivity contribution in [3.05, 3.63) is 16.6 Å². The average molecular weight is 294 g/mol. The van der Waals surface area contributed by atoms with Crippen LogP contribution in [0.25, 0.3) is 0 Å². The minimum absolute atomic E-state index is 0.0357. The summed E-state index contributed by atoms with van der Waals surface area (Å²) in [7, 11) is 0. The van der Waals surface area contributed by atoms with Crippen LogP contribution in [0.15, 0.2) is 11.6 Å². The van der Waals surface area contributed by atoms with E-state index in [9.17, 15) is 0 Å². The van der Waals surface area contributed by atoms with Gasteiger partial charge in [0.25, 0.3) is 0 Å². The topological polar surface area (TPSA) is 34.1 Å². The summed E-state index contributed by atoms with van der Waals surface area (Å²) in [5.74, 6) is 0. The summed E-state index contributed by atoms with van der Waals surface area (Å²) in [5.41, 5.74) is 0.138. The van der Waals surface area contributed by atoms with Crippen molar-refractivity contribution in [2.24, 2.45) is 0 Å². The summed E-state index contributed by atoms with van der Waals surface area (Å²) < 4.78 is 6.19. The molecule has 2 fully saturated rings. The van der Waals surface area contributed by atoms with Crippen molar-refractivity contribution in [1.82, 2.24) is 10.3 Å². The van der Waals surface area contributed by atoms with E-state index in [1.54, 1.807) is 11.3 Å². The molecular formula is C16H26N2OS. The van der Waals surface area contributed by atoms with Gasteiger partial charge in [-0.1, -0.05) is 19.3 Å². The standard InChI is InChI=1S/C16H26N2OS/c1-15(2,14-17-9-11-20-14)18-13-6-10-19-16(12-13)7-4-3-5-8-16/h9,11,13,18H,3-8,10,12H2,1-2H3. The van der Waals surface area contributed by atoms with E-state index in [4.69, 9.17) is 4.74 Å². The number of rotatable bonds is 3. The highest BCUT2D eigenvalue weighted by Gasteiger charge is 2.40. The number of nitrogens with zero attached hydrogens (tertiary/aromatic N) is 1. The van der Waals surface area contributed by atoms with Gasteiger partial charge >= 0.3 is 0 Å². The molecule has 1 aromatic rings. The van der Waals surface area contributed by atoms with Gasteiger partial charge in [-0.2, -0.15) is 0 Å². The van der Waals surface area contributed by atoms with Crippen molar-refractivity contribution in [3.63, 3.8) is 0 Å². The summed E-state index contributed by atoms with van der Waals surface area (Å²) in [4.78, 5) is 4.48. The lowest BCUT2D eigenvalue weighted by atomic mass is 9.78. The van der Waals surface area contributed by atoms with Crippen LogP contribution in [-0.4, -0.2) is 23.2 Å². The van der Waals surface area contributed by atoms with Crippen LogP contribution in [0.2, 0.25) is 0 Å². The zero-order valence-electron chi connectivity index (χ0n) is 12.7. The van der Waals surface area contributed by atoms with E-state index in [0.717, 1.165) is 13.0 Å². The third-order valence-corrected chi connectivity index (χ3v) is 5.89. The maximum atomic E-state index is 6.19. The quantitative estimate of drug-likeness (QED) is 0.919. The van der Waals surface area contributed by atoms with Gasteiger partial charge in [0, 0.05) is 24.2 Å². The fraction of sp³-hybridized carbons (Fsp3) is 0.812. The van der Waals surface area contributed by atoms with Gasteiger partial charge in [0.05, 0.1) is 11.1 Å². The molecule has 4 heteroatoms. The molecule has 1 saturated carbocycles. The first-order chi connectivity index (χ1) is 9.60. The van der Waals surface area contributed by atoms with E-state index < -0.39 is 0 Å². The van der Waals surface area contributed by atoms with Gasteiger partial charge in [0.15, 0.2) is 0 Å². The molecule has 1 aliphatic heterocycles. The average Bonchev–Trinajstić information content (AvgIpc) is 2.94. The van der Waals surface area contributed by atoms with Gasteiger partial charge < -0.3 is 10.1 Å². The largest absolute Gasteiger partial charge is 0.375 e. The SMILES string of the molecule is CC(C)(NC1CCOC2(CCCCC2)C1)c1nccs1. The molecule has 0 aromatic carbocycles. The van der Waals surface area contributed by atoms with Crippen LogP contribution in [-0.2, 0) is 10.3 Å². The smallest absolute Gasteiger partial charge is 0.112 e. The molecule has 2 aliphatic rings. The Balaban J connectivity index is 1.65. The van der Waals surface area contributed by atoms with Crippen molar-refractivity contribution in [2.45, 2.75) is 76.0 Å². The second kappa shape index (κ2) is 5.74. The molecule has 112 valence electrons. The van der Waals surface area contributed by atoms with Gasteiger partial charge in [-0.05, 0) is 39.5 Å². The molecule has 1 N–H and O–H groups in total. The lowest BCUT2D eigenvalue weighted by Crippen LogP contribution is -2.52. The Labute approximate surface area is 126 Å². The summed E-state index contributed by atoms with van der Waals surface area (Å²) >= 11 is 1.74. The molecule has 1 atom stereocenters. The number of aromatic nitrogens is 1. The molecule has 0 amide bonds. The molecule has 1 saturated heterocycles. The molecule has 1 aliphatic carbocycles. The lowest BCUT2D eigenvalue weighted by molar-refractivity contribution is -0.111. The van der Waals surface area contributed by atoms with Gasteiger partial charge in [-0.25, -0.2) is 4.98 Å². The summed E-state index contributed by atoms with van der Waals surface area (Å²) in [5, 5.41) is 7.08. The van der Waals surface area contributed by atoms with Gasteiger partial charge in [-0.15, -0.1) is 11.3 Å². The third kappa shape index (κ3) is 3.07. The number of nitrogens with one attached hydrogen (secondary N) is 1. The molecular weight excluding hydrogens is 268 g/mol. The Morgan fingerprint density at radius 1 is 1.35 bits per heavy atom. The molecule has 0 bridgehead atoms. The van der Waals surface area contributed by atoms with Crippen LogP contribution < -0.4 is 5.32 Å². The van der Waals surface area contributed by atoms with Crippen molar-refractivity contribution >= 4 is 11.3 Å². The first-order valence-corrected chi connectivity index (χ1v) is 8.79. The van der Waals surface area contributed by atoms with E-state index in [0.29, 0.717) is 6.04 Å². The normalized spacial score (nSPS) is 26.8. The summed E-state index contributed by atoms with van der Waals surface area (Å²) in [6, 6.07) is 0.556. The van der Waals surface area contributed by atoms with Gasteiger partial charge in [0.2, 0.25) is 0 Å². The molecule has 20 heavy (non-hydrogen) atoms. The van der Waals surface area contributed by atoms with E-state index in [-0.39, 0.29) is 11.1 Å². The first kappa shape index (κ1) is 14.5. The number of ether oxygens (including phenoxy) is 1. The Hall–Kier alpha value is -0.450. The monoisotopic (exact) mass is 294 g/mol. The molecule has 0 radical (unpaired) electrons. The van der Waals surface area contributed by atoms with Crippen molar-refractivity contribution < 1.29 is 4.74 Å². The Morgan fingerprint density at radius 3 is 2.85 bits per heavy atom. The summed E-state index contributed by atoms with van der Waals surface area (Å²) in [6.45, 7) is 5.40. The van der Waals surface area contributed by atoms with Crippen LogP contribution in [0, 0.1) is 0 Å². The summed E-state index contributed by atoms with van der Waals surface area (Å²) in [6.07, 6.45) is 10.7. The van der Waals surface area contributed by atoms with E-state index >= 15 is 0 Å². The van der Waals surface area contributed by atoms with Crippen LogP contribution in [0.5, 0.6) is 0 Å². The van der Waals surface area contributed by atoms with Crippen molar-refractivity contribution in [1.29, 1.82) is 0 Å². The molecule has 3 rings (SSSR count). The highest BCUT2D eigenvalue weighted by atomic mass is 32.1. The molecule has 3 nitrogen and oxygen atoms in total. The zero-order chi connectivity index (χ0) is 14.1. The highest BCUT2D eigenvalue weighted by Crippen LogP contribution is 2.39. The minimum Gasteiger partial charge on any atom is -0.375 e. The Kier molecular flexibility index (Phi) is 4.16. The molecule has 1 unspecified atom stereocenters. The minimum atomic E-state index is -0.0357. The van der Waals surface area contributed by atoms with E-state index in [1.165, 1.54) is 43.5 Å². The third-order valence-electron chi connectivity index (χ3n) is 4.79. The second-order valence-corrected chi connectivity index (χ2v) is 7.78. The molecule has 1 aromatic heterocycles. The molecule has 2 heterocycles. The number of hydrogen-bond acceptors (Lipinski definition) is 4. The van der Waals surface area contributed by atoms with Crippen LogP contribution in [0.3, 0.4) is 0 Å². The Morgan fingerprint density at radius 2 is 2.15 bits per heavy atom. The maximum Gasteiger partial charge on any atom is 0.112 e. The van der Waals surface area contributed by atoms with Crippen molar-refractivity contribution in [2.75, 3.05) is 6.61 Å². The number of hydrogen-bond donors (Lipinski definition) is 1. The van der Waals surface area contributed by atoms with E-state index in [1.807, 2.05) is 6.20 Å². The zero-order valence-corrected chi connectivity index (χ0v) is 13.5. The predicted octanol–water partition coefficient (Wildman–Crippen LogP) is 3.85. The lowest BCUT2D eigenvalue weighted by Gasteiger charge is -2.45. The van der Waals surface area contributed by atoms with E-state index in [2.05, 4.69) is 29.5 Å². The van der Waals surface area contributed by atoms with Crippen LogP contribution in [0.4, 0.5) is 0 Å². The van der Waals surface area contributed by atoms with Crippen LogP contribution in [0.1, 0.15) is 63.8 Å². The maximum absolute atomic E-state index is 6.19. The fourth-order valence-corrected chi connectivity index (χ4v) is 4.53. The second-order valence-electron chi connectivity index (χ2n) is 6.89. The van der Waals surface area contributed by atoms with Crippen LogP contribution >= 0.6 is 11.3 Å². The van der Waals surface area contributed by atoms with Gasteiger partial charge in [-0.3, -0.25) is 0 Å². The first-order valence-electron chi connectivity index (χ1n) is 7.91. The fourth-order valence-electron chi connectivity index (χ4n) is 3.80.